The van der Waals surface area contributed by atoms with E-state index in [1.165, 1.54) is 19.3 Å². The molecule has 0 radical (unpaired) electrons. The molecule has 1 atom stereocenters. The van der Waals surface area contributed by atoms with Gasteiger partial charge in [-0.3, -0.25) is 14.5 Å². The highest BCUT2D eigenvalue weighted by Crippen LogP contribution is 2.55. The third-order valence-corrected chi connectivity index (χ3v) is 7.97. The van der Waals surface area contributed by atoms with Crippen molar-refractivity contribution in [2.45, 2.75) is 56.5 Å². The average Bonchev–Trinajstić information content (AvgIpc) is 3.25. The van der Waals surface area contributed by atoms with Gasteiger partial charge in [-0.25, -0.2) is 4.79 Å². The second kappa shape index (κ2) is 6.37. The standard InChI is InChI=1S/C23H27N3O5/c1-22(16-2-3-17-18(7-16)31-12-30-17)20(28)26(21(29)25-22)11-19(27)24-23-8-13-4-14(9-23)6-15(5-13)10-23/h2-3,7,13-15H,4-6,8-12H2,1H3,(H,24,27)(H,25,29)/t13?,14?,15?,22-,23?/m1/s1. The zero-order chi connectivity index (χ0) is 21.4. The van der Waals surface area contributed by atoms with Gasteiger partial charge in [0.15, 0.2) is 11.5 Å². The molecule has 1 saturated heterocycles. The highest BCUT2D eigenvalue weighted by molar-refractivity contribution is 6.09. The second-order valence-corrected chi connectivity index (χ2v) is 10.3. The Morgan fingerprint density at radius 3 is 2.42 bits per heavy atom. The number of hydrogen-bond acceptors (Lipinski definition) is 5. The lowest BCUT2D eigenvalue weighted by molar-refractivity contribution is -0.136. The predicted octanol–water partition coefficient (Wildman–Crippen LogP) is 2.27. The van der Waals surface area contributed by atoms with E-state index in [4.69, 9.17) is 9.47 Å². The van der Waals surface area contributed by atoms with E-state index in [1.807, 2.05) is 0 Å². The maximum Gasteiger partial charge on any atom is 0.325 e. The van der Waals surface area contributed by atoms with Crippen LogP contribution in [0.25, 0.3) is 0 Å². The minimum absolute atomic E-state index is 0.131. The first-order valence-corrected chi connectivity index (χ1v) is 11.2. The Bertz CT molecular complexity index is 956. The number of carbonyl (C=O) groups is 3. The first kappa shape index (κ1) is 19.0. The smallest absolute Gasteiger partial charge is 0.325 e. The van der Waals surface area contributed by atoms with Crippen molar-refractivity contribution in [3.05, 3.63) is 23.8 Å². The molecular weight excluding hydrogens is 398 g/mol. The van der Waals surface area contributed by atoms with E-state index in [-0.39, 0.29) is 24.8 Å². The van der Waals surface area contributed by atoms with E-state index in [0.29, 0.717) is 34.8 Å². The van der Waals surface area contributed by atoms with E-state index in [1.54, 1.807) is 25.1 Å². The van der Waals surface area contributed by atoms with Gasteiger partial charge in [-0.05, 0) is 80.9 Å². The van der Waals surface area contributed by atoms with Gasteiger partial charge in [-0.1, -0.05) is 6.07 Å². The van der Waals surface area contributed by atoms with Gasteiger partial charge in [0.1, 0.15) is 12.1 Å². The Morgan fingerprint density at radius 1 is 1.10 bits per heavy atom. The normalized spacial score (nSPS) is 37.3. The molecule has 0 unspecified atom stereocenters. The van der Waals surface area contributed by atoms with Gasteiger partial charge in [0, 0.05) is 5.54 Å². The molecule has 4 aliphatic carbocycles. The predicted molar refractivity (Wildman–Crippen MR) is 109 cm³/mol. The van der Waals surface area contributed by atoms with E-state index in [2.05, 4.69) is 10.6 Å². The molecule has 4 bridgehead atoms. The van der Waals surface area contributed by atoms with E-state index in [9.17, 15) is 14.4 Å². The quantitative estimate of drug-likeness (QED) is 0.722. The maximum absolute atomic E-state index is 13.2. The summed E-state index contributed by atoms with van der Waals surface area (Å²) >= 11 is 0. The van der Waals surface area contributed by atoms with Crippen LogP contribution in [0.4, 0.5) is 4.79 Å². The fourth-order valence-electron chi connectivity index (χ4n) is 6.99. The fraction of sp³-hybridized carbons (Fsp3) is 0.609. The van der Waals surface area contributed by atoms with Gasteiger partial charge in [-0.2, -0.15) is 0 Å². The molecule has 2 aliphatic heterocycles. The van der Waals surface area contributed by atoms with Gasteiger partial charge in [0.05, 0.1) is 0 Å². The molecule has 8 nitrogen and oxygen atoms in total. The largest absolute Gasteiger partial charge is 0.454 e. The van der Waals surface area contributed by atoms with Crippen molar-refractivity contribution >= 4 is 17.8 Å². The molecule has 164 valence electrons. The van der Waals surface area contributed by atoms with Gasteiger partial charge in [0.25, 0.3) is 5.91 Å². The molecule has 8 heteroatoms. The van der Waals surface area contributed by atoms with Crippen LogP contribution in [0.1, 0.15) is 51.0 Å². The van der Waals surface area contributed by atoms with Crippen molar-refractivity contribution in [2.75, 3.05) is 13.3 Å². The van der Waals surface area contributed by atoms with Crippen LogP contribution in [-0.2, 0) is 15.1 Å². The number of benzene rings is 1. The van der Waals surface area contributed by atoms with Crippen LogP contribution in [-0.4, -0.2) is 41.6 Å². The number of carbonyl (C=O) groups excluding carboxylic acids is 3. The first-order valence-electron chi connectivity index (χ1n) is 11.2. The summed E-state index contributed by atoms with van der Waals surface area (Å²) in [4.78, 5) is 39.9. The Kier molecular flexibility index (Phi) is 3.90. The third kappa shape index (κ3) is 2.91. The molecule has 4 amide bonds. The van der Waals surface area contributed by atoms with Crippen molar-refractivity contribution < 1.29 is 23.9 Å². The summed E-state index contributed by atoms with van der Waals surface area (Å²) in [5, 5.41) is 6.01. The minimum Gasteiger partial charge on any atom is -0.454 e. The summed E-state index contributed by atoms with van der Waals surface area (Å²) in [6, 6.07) is 4.63. The molecule has 5 fully saturated rings. The summed E-state index contributed by atoms with van der Waals surface area (Å²) in [5.74, 6) is 2.58. The highest BCUT2D eigenvalue weighted by Gasteiger charge is 2.53. The van der Waals surface area contributed by atoms with Crippen molar-refractivity contribution in [3.8, 4) is 11.5 Å². The average molecular weight is 425 g/mol. The highest BCUT2D eigenvalue weighted by atomic mass is 16.7. The zero-order valence-electron chi connectivity index (χ0n) is 17.6. The van der Waals surface area contributed by atoms with Crippen LogP contribution in [0.15, 0.2) is 18.2 Å². The molecule has 4 saturated carbocycles. The number of amides is 4. The molecule has 1 aromatic rings. The second-order valence-electron chi connectivity index (χ2n) is 10.3. The van der Waals surface area contributed by atoms with Crippen LogP contribution in [0, 0.1) is 17.8 Å². The van der Waals surface area contributed by atoms with Gasteiger partial charge in [-0.15, -0.1) is 0 Å². The van der Waals surface area contributed by atoms with Crippen molar-refractivity contribution in [3.63, 3.8) is 0 Å². The van der Waals surface area contributed by atoms with Gasteiger partial charge in [0.2, 0.25) is 12.7 Å². The molecular formula is C23H27N3O5. The van der Waals surface area contributed by atoms with Crippen molar-refractivity contribution in [1.82, 2.24) is 15.5 Å². The summed E-state index contributed by atoms with van der Waals surface area (Å²) in [6.45, 7) is 1.53. The number of urea groups is 1. The number of nitrogens with zero attached hydrogens (tertiary/aromatic N) is 1. The Hall–Kier alpha value is -2.77. The third-order valence-electron chi connectivity index (χ3n) is 7.97. The molecule has 2 heterocycles. The van der Waals surface area contributed by atoms with Crippen LogP contribution >= 0.6 is 0 Å². The van der Waals surface area contributed by atoms with Crippen LogP contribution in [0.2, 0.25) is 0 Å². The van der Waals surface area contributed by atoms with E-state index in [0.717, 1.165) is 24.2 Å². The summed E-state index contributed by atoms with van der Waals surface area (Å²) < 4.78 is 10.7. The zero-order valence-corrected chi connectivity index (χ0v) is 17.6. The number of fused-ring (bicyclic) bond motifs is 1. The van der Waals surface area contributed by atoms with Crippen LogP contribution in [0.3, 0.4) is 0 Å². The molecule has 0 aromatic heterocycles. The minimum atomic E-state index is -1.25. The first-order chi connectivity index (χ1) is 14.8. The lowest BCUT2D eigenvalue weighted by Crippen LogP contribution is -2.61. The number of imide groups is 1. The van der Waals surface area contributed by atoms with Crippen molar-refractivity contribution in [1.29, 1.82) is 0 Å². The van der Waals surface area contributed by atoms with Gasteiger partial charge >= 0.3 is 6.03 Å². The monoisotopic (exact) mass is 425 g/mol. The fourth-order valence-corrected chi connectivity index (χ4v) is 6.99. The van der Waals surface area contributed by atoms with Crippen molar-refractivity contribution in [2.24, 2.45) is 17.8 Å². The summed E-state index contributed by atoms with van der Waals surface area (Å²) in [7, 11) is 0. The SMILES string of the molecule is C[C@]1(c2ccc3c(c2)OCO3)NC(=O)N(CC(=O)NC23CC4CC(CC(C4)C2)C3)C1=O. The number of nitrogens with one attached hydrogen (secondary N) is 2. The lowest BCUT2D eigenvalue weighted by atomic mass is 9.53. The number of rotatable bonds is 4. The maximum atomic E-state index is 13.2. The van der Waals surface area contributed by atoms with Gasteiger partial charge < -0.3 is 20.1 Å². The van der Waals surface area contributed by atoms with Crippen LogP contribution < -0.4 is 20.1 Å². The molecule has 7 rings (SSSR count). The topological polar surface area (TPSA) is 97.0 Å². The number of ether oxygens (including phenoxy) is 2. The molecule has 1 aromatic carbocycles. The lowest BCUT2D eigenvalue weighted by Gasteiger charge is -2.56. The van der Waals surface area contributed by atoms with E-state index >= 15 is 0 Å². The van der Waals surface area contributed by atoms with E-state index < -0.39 is 17.5 Å². The Labute approximate surface area is 180 Å². The summed E-state index contributed by atoms with van der Waals surface area (Å²) in [6.07, 6.45) is 6.95. The van der Waals surface area contributed by atoms with Crippen LogP contribution in [0.5, 0.6) is 11.5 Å². The molecule has 6 aliphatic rings. The Morgan fingerprint density at radius 2 is 1.74 bits per heavy atom. The summed E-state index contributed by atoms with van der Waals surface area (Å²) in [5.41, 5.74) is -0.802. The number of hydrogen-bond donors (Lipinski definition) is 2. The Balaban J connectivity index is 1.18. The molecule has 2 N–H and O–H groups in total. The molecule has 31 heavy (non-hydrogen) atoms. The molecule has 0 spiro atoms.